The predicted molar refractivity (Wildman–Crippen MR) is 99.8 cm³/mol. The zero-order chi connectivity index (χ0) is 19.4. The highest BCUT2D eigenvalue weighted by molar-refractivity contribution is 9.10. The van der Waals surface area contributed by atoms with Crippen molar-refractivity contribution in [2.75, 3.05) is 11.9 Å². The van der Waals surface area contributed by atoms with Crippen molar-refractivity contribution >= 4 is 33.2 Å². The maximum absolute atomic E-state index is 12.4. The van der Waals surface area contributed by atoms with Gasteiger partial charge in [-0.3, -0.25) is 19.6 Å². The molecular weight excluding hydrogens is 420 g/mol. The fraction of sp³-hybridized carbons (Fsp3) is 0.188. The lowest BCUT2D eigenvalue weighted by Gasteiger charge is -2.07. The van der Waals surface area contributed by atoms with Crippen LogP contribution in [0.3, 0.4) is 0 Å². The largest absolute Gasteiger partial charge is 0.494 e. The number of nitrogens with zero attached hydrogens (tertiary/aromatic N) is 5. The summed E-state index contributed by atoms with van der Waals surface area (Å²) in [4.78, 5) is 23.1. The lowest BCUT2D eigenvalue weighted by Crippen LogP contribution is -2.15. The molecule has 0 radical (unpaired) electrons. The minimum Gasteiger partial charge on any atom is -0.494 e. The Kier molecular flexibility index (Phi) is 5.50. The zero-order valence-corrected chi connectivity index (χ0v) is 15.8. The molecule has 2 aromatic heterocycles. The number of carbonyl (C=O) groups is 1. The van der Waals surface area contributed by atoms with Crippen LogP contribution in [0.4, 0.5) is 11.4 Å². The minimum atomic E-state index is -0.577. The van der Waals surface area contributed by atoms with Crippen LogP contribution in [0.5, 0.6) is 5.75 Å². The highest BCUT2D eigenvalue weighted by Crippen LogP contribution is 2.29. The van der Waals surface area contributed by atoms with E-state index in [9.17, 15) is 14.9 Å². The lowest BCUT2D eigenvalue weighted by atomic mass is 10.2. The topological polar surface area (TPSA) is 117 Å². The zero-order valence-electron chi connectivity index (χ0n) is 14.2. The summed E-state index contributed by atoms with van der Waals surface area (Å²) >= 11 is 3.30. The number of hydrogen-bond acceptors (Lipinski definition) is 6. The molecule has 140 valence electrons. The third-order valence-electron chi connectivity index (χ3n) is 3.49. The number of carbonyl (C=O) groups excluding carboxylic acids is 1. The molecule has 0 saturated carbocycles. The molecular formula is C16H15BrN6O4. The van der Waals surface area contributed by atoms with Crippen molar-refractivity contribution in [2.24, 2.45) is 0 Å². The molecule has 0 spiro atoms. The number of rotatable bonds is 7. The van der Waals surface area contributed by atoms with Gasteiger partial charge in [-0.1, -0.05) is 0 Å². The van der Waals surface area contributed by atoms with E-state index >= 15 is 0 Å². The average molecular weight is 435 g/mol. The molecule has 2 heterocycles. The van der Waals surface area contributed by atoms with Crippen LogP contribution in [0.15, 0.2) is 47.3 Å². The smallest absolute Gasteiger partial charge is 0.296 e. The number of nitrogens with one attached hydrogen (secondary N) is 1. The molecule has 0 atom stereocenters. The third kappa shape index (κ3) is 4.50. The van der Waals surface area contributed by atoms with Gasteiger partial charge in [-0.2, -0.15) is 10.2 Å². The maximum atomic E-state index is 12.4. The van der Waals surface area contributed by atoms with E-state index in [1.54, 1.807) is 36.3 Å². The Balaban J connectivity index is 1.74. The molecule has 1 N–H and O–H groups in total. The van der Waals surface area contributed by atoms with E-state index in [2.05, 4.69) is 31.4 Å². The van der Waals surface area contributed by atoms with E-state index in [1.807, 2.05) is 0 Å². The summed E-state index contributed by atoms with van der Waals surface area (Å²) in [6, 6.07) is 5.78. The molecule has 11 heteroatoms. The Morgan fingerprint density at radius 3 is 2.85 bits per heavy atom. The fourth-order valence-corrected chi connectivity index (χ4v) is 2.66. The normalized spacial score (nSPS) is 10.6. The molecule has 0 fully saturated rings. The average Bonchev–Trinajstić information content (AvgIpc) is 3.25. The van der Waals surface area contributed by atoms with Crippen LogP contribution >= 0.6 is 15.9 Å². The molecule has 0 aliphatic rings. The fourth-order valence-electron chi connectivity index (χ4n) is 2.34. The molecule has 10 nitrogen and oxygen atoms in total. The number of hydrogen-bond donors (Lipinski definition) is 1. The Morgan fingerprint density at radius 1 is 1.37 bits per heavy atom. The van der Waals surface area contributed by atoms with Gasteiger partial charge in [0.25, 0.3) is 11.6 Å². The van der Waals surface area contributed by atoms with Crippen LogP contribution in [0.25, 0.3) is 0 Å². The first-order valence-electron chi connectivity index (χ1n) is 7.90. The van der Waals surface area contributed by atoms with Crippen molar-refractivity contribution < 1.29 is 14.5 Å². The van der Waals surface area contributed by atoms with Gasteiger partial charge in [-0.25, -0.2) is 4.68 Å². The van der Waals surface area contributed by atoms with Gasteiger partial charge in [-0.15, -0.1) is 0 Å². The summed E-state index contributed by atoms with van der Waals surface area (Å²) in [5, 5.41) is 22.1. The first kappa shape index (κ1) is 18.6. The lowest BCUT2D eigenvalue weighted by molar-refractivity contribution is -0.384. The SMILES string of the molecule is CCOc1ccc(NC(=O)c2ccn(Cn3cc(Br)cn3)n2)c([N+](=O)[O-])c1. The molecule has 0 aliphatic carbocycles. The number of halogens is 1. The van der Waals surface area contributed by atoms with Crippen molar-refractivity contribution in [2.45, 2.75) is 13.6 Å². The van der Waals surface area contributed by atoms with E-state index in [0.717, 1.165) is 4.47 Å². The van der Waals surface area contributed by atoms with Gasteiger partial charge in [0.2, 0.25) is 0 Å². The summed E-state index contributed by atoms with van der Waals surface area (Å²) in [6.45, 7) is 2.48. The number of nitro groups is 1. The predicted octanol–water partition coefficient (Wildman–Crippen LogP) is 2.91. The molecule has 27 heavy (non-hydrogen) atoms. The van der Waals surface area contributed by atoms with Crippen LogP contribution < -0.4 is 10.1 Å². The van der Waals surface area contributed by atoms with E-state index in [-0.39, 0.29) is 17.1 Å². The Labute approximate surface area is 162 Å². The summed E-state index contributed by atoms with van der Waals surface area (Å²) in [5.41, 5.74) is -0.0569. The van der Waals surface area contributed by atoms with Crippen molar-refractivity contribution in [3.05, 3.63) is 63.1 Å². The van der Waals surface area contributed by atoms with Crippen molar-refractivity contribution in [1.29, 1.82) is 0 Å². The van der Waals surface area contributed by atoms with Crippen molar-refractivity contribution in [1.82, 2.24) is 19.6 Å². The Morgan fingerprint density at radius 2 is 2.19 bits per heavy atom. The molecule has 0 saturated heterocycles. The number of aromatic nitrogens is 4. The molecule has 1 amide bonds. The molecule has 0 aliphatic heterocycles. The quantitative estimate of drug-likeness (QED) is 0.451. The number of ether oxygens (including phenoxy) is 1. The highest BCUT2D eigenvalue weighted by Gasteiger charge is 2.19. The second kappa shape index (κ2) is 7.99. The molecule has 3 aromatic rings. The molecule has 1 aromatic carbocycles. The monoisotopic (exact) mass is 434 g/mol. The van der Waals surface area contributed by atoms with Crippen molar-refractivity contribution in [3.8, 4) is 5.75 Å². The second-order valence-corrected chi connectivity index (χ2v) is 6.32. The van der Waals surface area contributed by atoms with Crippen LogP contribution in [0.1, 0.15) is 17.4 Å². The highest BCUT2D eigenvalue weighted by atomic mass is 79.9. The number of anilines is 1. The van der Waals surface area contributed by atoms with Gasteiger partial charge >= 0.3 is 0 Å². The first-order valence-corrected chi connectivity index (χ1v) is 8.69. The van der Waals surface area contributed by atoms with Crippen LogP contribution in [-0.4, -0.2) is 37.0 Å². The summed E-state index contributed by atoms with van der Waals surface area (Å²) in [5.74, 6) is -0.195. The van der Waals surface area contributed by atoms with E-state index in [4.69, 9.17) is 4.74 Å². The Bertz CT molecular complexity index is 983. The minimum absolute atomic E-state index is 0.0685. The Hall–Kier alpha value is -3.21. The first-order chi connectivity index (χ1) is 13.0. The van der Waals surface area contributed by atoms with Gasteiger partial charge in [0.15, 0.2) is 5.69 Å². The van der Waals surface area contributed by atoms with Gasteiger partial charge < -0.3 is 10.1 Å². The van der Waals surface area contributed by atoms with E-state index in [1.165, 1.54) is 22.9 Å². The van der Waals surface area contributed by atoms with Gasteiger partial charge in [0, 0.05) is 12.4 Å². The van der Waals surface area contributed by atoms with Crippen LogP contribution in [0.2, 0.25) is 0 Å². The molecule has 3 rings (SSSR count). The molecule has 0 bridgehead atoms. The standard InChI is InChI=1S/C16H15BrN6O4/c1-2-27-12-3-4-13(15(7-12)23(25)26)19-16(24)14-5-6-21(20-14)10-22-9-11(17)8-18-22/h3-9H,2,10H2,1H3,(H,19,24). The van der Waals surface area contributed by atoms with Crippen molar-refractivity contribution in [3.63, 3.8) is 0 Å². The summed E-state index contributed by atoms with van der Waals surface area (Å²) in [6.07, 6.45) is 5.03. The van der Waals surface area contributed by atoms with Crippen LogP contribution in [-0.2, 0) is 6.67 Å². The maximum Gasteiger partial charge on any atom is 0.296 e. The van der Waals surface area contributed by atoms with Gasteiger partial charge in [0.05, 0.1) is 28.3 Å². The second-order valence-electron chi connectivity index (χ2n) is 5.40. The van der Waals surface area contributed by atoms with Gasteiger partial charge in [-0.05, 0) is 41.1 Å². The summed E-state index contributed by atoms with van der Waals surface area (Å²) < 4.78 is 9.25. The van der Waals surface area contributed by atoms with E-state index in [0.29, 0.717) is 19.0 Å². The van der Waals surface area contributed by atoms with E-state index < -0.39 is 10.8 Å². The third-order valence-corrected chi connectivity index (χ3v) is 3.90. The number of nitro benzene ring substituents is 1. The molecule has 0 unspecified atom stereocenters. The van der Waals surface area contributed by atoms with Gasteiger partial charge in [0.1, 0.15) is 18.1 Å². The number of amides is 1. The summed E-state index contributed by atoms with van der Waals surface area (Å²) in [7, 11) is 0. The van der Waals surface area contributed by atoms with Crippen LogP contribution in [0, 0.1) is 10.1 Å². The number of benzene rings is 1.